The zero-order valence-electron chi connectivity index (χ0n) is 14.7. The molecule has 0 radical (unpaired) electrons. The lowest BCUT2D eigenvalue weighted by Gasteiger charge is -2.57. The number of nitrogens with zero attached hydrogens (tertiary/aromatic N) is 2. The normalized spacial score (nSPS) is 24.1. The summed E-state index contributed by atoms with van der Waals surface area (Å²) in [7, 11) is 0. The minimum atomic E-state index is -0.923. The summed E-state index contributed by atoms with van der Waals surface area (Å²) < 4.78 is 7.44. The molecule has 3 rings (SSSR count). The van der Waals surface area contributed by atoms with Gasteiger partial charge in [-0.25, -0.2) is 4.68 Å². The molecule has 1 aromatic heterocycles. The average molecular weight is 365 g/mol. The number of halogens is 1. The van der Waals surface area contributed by atoms with E-state index in [-0.39, 0.29) is 24.4 Å². The number of benzene rings is 1. The predicted octanol–water partition coefficient (Wildman–Crippen LogP) is 2.77. The molecule has 3 N–H and O–H groups in total. The summed E-state index contributed by atoms with van der Waals surface area (Å²) in [5.41, 5.74) is 6.72. The van der Waals surface area contributed by atoms with E-state index in [0.29, 0.717) is 13.0 Å². The highest BCUT2D eigenvalue weighted by atomic mass is 35.5. The lowest BCUT2D eigenvalue weighted by atomic mass is 9.54. The van der Waals surface area contributed by atoms with Crippen molar-refractivity contribution < 1.29 is 9.53 Å². The highest BCUT2D eigenvalue weighted by molar-refractivity contribution is 5.99. The number of aromatic nitrogens is 2. The van der Waals surface area contributed by atoms with Gasteiger partial charge in [-0.3, -0.25) is 4.79 Å². The molecule has 1 amide bonds. The van der Waals surface area contributed by atoms with Crippen LogP contribution < -0.4 is 11.1 Å². The number of nitrogens with one attached hydrogen (secondary N) is 1. The highest BCUT2D eigenvalue weighted by Crippen LogP contribution is 2.50. The number of ether oxygens (including phenoxy) is 1. The first-order valence-corrected chi connectivity index (χ1v) is 8.20. The molecule has 6 nitrogen and oxygen atoms in total. The summed E-state index contributed by atoms with van der Waals surface area (Å²) in [6.07, 6.45) is 4.14. The van der Waals surface area contributed by atoms with Crippen LogP contribution in [-0.4, -0.2) is 33.9 Å². The minimum absolute atomic E-state index is 0. The molecule has 1 heterocycles. The van der Waals surface area contributed by atoms with Gasteiger partial charge in [0, 0.05) is 36.5 Å². The fourth-order valence-corrected chi connectivity index (χ4v) is 3.18. The molecule has 7 heteroatoms. The maximum atomic E-state index is 12.7. The Hall–Kier alpha value is -1.89. The van der Waals surface area contributed by atoms with Crippen molar-refractivity contribution in [2.45, 2.75) is 38.8 Å². The van der Waals surface area contributed by atoms with Gasteiger partial charge in [-0.2, -0.15) is 5.10 Å². The number of nitrogens with two attached hydrogens (primary N) is 1. The monoisotopic (exact) mass is 364 g/mol. The van der Waals surface area contributed by atoms with Crippen molar-refractivity contribution in [1.82, 2.24) is 9.78 Å². The number of rotatable bonds is 5. The van der Waals surface area contributed by atoms with Crippen molar-refractivity contribution in [3.05, 3.63) is 42.7 Å². The zero-order chi connectivity index (χ0) is 17.4. The van der Waals surface area contributed by atoms with E-state index in [9.17, 15) is 4.79 Å². The molecule has 1 aliphatic carbocycles. The summed E-state index contributed by atoms with van der Waals surface area (Å²) in [5.74, 6) is -0.171. The van der Waals surface area contributed by atoms with Gasteiger partial charge in [-0.1, -0.05) is 13.8 Å². The third kappa shape index (κ3) is 3.29. The van der Waals surface area contributed by atoms with Crippen molar-refractivity contribution in [1.29, 1.82) is 0 Å². The van der Waals surface area contributed by atoms with E-state index in [1.54, 1.807) is 10.9 Å². The van der Waals surface area contributed by atoms with Gasteiger partial charge in [0.1, 0.15) is 5.54 Å². The molecule has 1 aromatic carbocycles. The molecule has 1 aliphatic rings. The first kappa shape index (κ1) is 19.4. The molecule has 2 unspecified atom stereocenters. The van der Waals surface area contributed by atoms with Gasteiger partial charge < -0.3 is 15.8 Å². The Bertz CT molecular complexity index is 715. The maximum absolute atomic E-state index is 12.7. The third-order valence-electron chi connectivity index (χ3n) is 5.13. The summed E-state index contributed by atoms with van der Waals surface area (Å²) in [6, 6.07) is 9.37. The topological polar surface area (TPSA) is 82.2 Å². The molecular formula is C18H25ClN4O2. The van der Waals surface area contributed by atoms with Crippen LogP contribution in [0.2, 0.25) is 0 Å². The summed E-state index contributed by atoms with van der Waals surface area (Å²) in [4.78, 5) is 12.7. The zero-order valence-corrected chi connectivity index (χ0v) is 15.5. The largest absolute Gasteiger partial charge is 0.378 e. The first-order chi connectivity index (χ1) is 11.4. The van der Waals surface area contributed by atoms with Crippen LogP contribution in [0.25, 0.3) is 5.69 Å². The van der Waals surface area contributed by atoms with Gasteiger partial charge in [-0.05, 0) is 37.3 Å². The van der Waals surface area contributed by atoms with Crippen LogP contribution in [0.4, 0.5) is 5.69 Å². The van der Waals surface area contributed by atoms with E-state index in [0.717, 1.165) is 11.4 Å². The highest BCUT2D eigenvalue weighted by Gasteiger charge is 2.62. The Balaban J connectivity index is 0.00000225. The molecule has 1 saturated carbocycles. The Morgan fingerprint density at radius 2 is 2.08 bits per heavy atom. The Morgan fingerprint density at radius 1 is 1.40 bits per heavy atom. The predicted molar refractivity (Wildman–Crippen MR) is 100 cm³/mol. The smallest absolute Gasteiger partial charge is 0.245 e. The minimum Gasteiger partial charge on any atom is -0.378 e. The molecule has 0 saturated heterocycles. The Kier molecular flexibility index (Phi) is 5.56. The number of anilines is 1. The molecule has 0 aliphatic heterocycles. The van der Waals surface area contributed by atoms with Crippen molar-refractivity contribution >= 4 is 24.0 Å². The van der Waals surface area contributed by atoms with E-state index in [4.69, 9.17) is 10.5 Å². The fourth-order valence-electron chi connectivity index (χ4n) is 3.18. The molecule has 2 aromatic rings. The molecule has 2 atom stereocenters. The molecule has 25 heavy (non-hydrogen) atoms. The summed E-state index contributed by atoms with van der Waals surface area (Å²) in [6.45, 7) is 6.54. The van der Waals surface area contributed by atoms with E-state index in [1.807, 2.05) is 57.3 Å². The van der Waals surface area contributed by atoms with Gasteiger partial charge in [0.2, 0.25) is 5.91 Å². The number of carbonyl (C=O) groups excluding carboxylic acids is 1. The first-order valence-electron chi connectivity index (χ1n) is 8.20. The number of hydrogen-bond donors (Lipinski definition) is 2. The second-order valence-electron chi connectivity index (χ2n) is 6.79. The standard InChI is InChI=1S/C18H24N4O2.ClH/c1-4-24-15-12-18(19,17(15,2)3)16(23)21-13-6-8-14(9-7-13)22-11-5-10-20-22;/h5-11,15H,4,12,19H2,1-3H3,(H,21,23);1H. The lowest BCUT2D eigenvalue weighted by Crippen LogP contribution is -2.74. The maximum Gasteiger partial charge on any atom is 0.245 e. The second-order valence-corrected chi connectivity index (χ2v) is 6.79. The van der Waals surface area contributed by atoms with Gasteiger partial charge >= 0.3 is 0 Å². The molecule has 136 valence electrons. The van der Waals surface area contributed by atoms with E-state index in [1.165, 1.54) is 0 Å². The van der Waals surface area contributed by atoms with Crippen LogP contribution in [0.5, 0.6) is 0 Å². The van der Waals surface area contributed by atoms with Crippen molar-refractivity contribution in [3.8, 4) is 5.69 Å². The fraction of sp³-hybridized carbons (Fsp3) is 0.444. The van der Waals surface area contributed by atoms with Crippen LogP contribution in [0, 0.1) is 5.41 Å². The van der Waals surface area contributed by atoms with Gasteiger partial charge in [0.25, 0.3) is 0 Å². The van der Waals surface area contributed by atoms with Gasteiger partial charge in [-0.15, -0.1) is 12.4 Å². The third-order valence-corrected chi connectivity index (χ3v) is 5.13. The lowest BCUT2D eigenvalue weighted by molar-refractivity contribution is -0.166. The molecular weight excluding hydrogens is 340 g/mol. The van der Waals surface area contributed by atoms with Crippen LogP contribution in [0.1, 0.15) is 27.2 Å². The summed E-state index contributed by atoms with van der Waals surface area (Å²) in [5, 5.41) is 7.10. The van der Waals surface area contributed by atoms with Crippen molar-refractivity contribution in [2.24, 2.45) is 11.1 Å². The molecule has 1 fully saturated rings. The quantitative estimate of drug-likeness (QED) is 0.854. The van der Waals surface area contributed by atoms with Gasteiger partial charge in [0.05, 0.1) is 11.8 Å². The number of hydrogen-bond acceptors (Lipinski definition) is 4. The van der Waals surface area contributed by atoms with Gasteiger partial charge in [0.15, 0.2) is 0 Å². The average Bonchev–Trinajstić information content (AvgIpc) is 3.09. The second kappa shape index (κ2) is 7.15. The molecule has 0 spiro atoms. The van der Waals surface area contributed by atoms with Crippen LogP contribution in [0.3, 0.4) is 0 Å². The van der Waals surface area contributed by atoms with E-state index >= 15 is 0 Å². The van der Waals surface area contributed by atoms with E-state index in [2.05, 4.69) is 10.4 Å². The van der Waals surface area contributed by atoms with Crippen LogP contribution in [0.15, 0.2) is 42.7 Å². The van der Waals surface area contributed by atoms with E-state index < -0.39 is 11.0 Å². The van der Waals surface area contributed by atoms with Crippen LogP contribution >= 0.6 is 12.4 Å². The van der Waals surface area contributed by atoms with Crippen molar-refractivity contribution in [2.75, 3.05) is 11.9 Å². The Labute approximate surface area is 154 Å². The Morgan fingerprint density at radius 3 is 2.60 bits per heavy atom. The SMILES string of the molecule is CCOC1CC(N)(C(=O)Nc2ccc(-n3cccn3)cc2)C1(C)C.Cl. The van der Waals surface area contributed by atoms with Crippen LogP contribution in [-0.2, 0) is 9.53 Å². The van der Waals surface area contributed by atoms with Crippen molar-refractivity contribution in [3.63, 3.8) is 0 Å². The number of carbonyl (C=O) groups is 1. The molecule has 0 bridgehead atoms. The number of amides is 1. The summed E-state index contributed by atoms with van der Waals surface area (Å²) >= 11 is 0.